The van der Waals surface area contributed by atoms with Crippen LogP contribution in [0.1, 0.15) is 12.1 Å². The van der Waals surface area contributed by atoms with Crippen LogP contribution in [0.15, 0.2) is 34.0 Å². The Bertz CT molecular complexity index is 1390. The normalized spacial score (nSPS) is 11.4. The highest BCUT2D eigenvalue weighted by molar-refractivity contribution is 5.75. The van der Waals surface area contributed by atoms with Gasteiger partial charge in [0.15, 0.2) is 11.2 Å². The van der Waals surface area contributed by atoms with Gasteiger partial charge in [-0.2, -0.15) is 4.98 Å². The molecule has 4 aromatic rings. The van der Waals surface area contributed by atoms with E-state index in [4.69, 9.17) is 9.47 Å². The Kier molecular flexibility index (Phi) is 5.22. The van der Waals surface area contributed by atoms with E-state index in [-0.39, 0.29) is 5.56 Å². The minimum absolute atomic E-state index is 0.352. The van der Waals surface area contributed by atoms with Crippen LogP contribution in [0, 0.1) is 6.92 Å². The number of aryl methyl sites for hydroxylation is 3. The zero-order chi connectivity index (χ0) is 22.3. The molecule has 0 unspecified atom stereocenters. The number of hydrogen-bond acceptors (Lipinski definition) is 6. The zero-order valence-corrected chi connectivity index (χ0v) is 18.3. The van der Waals surface area contributed by atoms with Crippen molar-refractivity contribution in [1.82, 2.24) is 23.1 Å². The fourth-order valence-corrected chi connectivity index (χ4v) is 3.82. The second-order valence-electron chi connectivity index (χ2n) is 7.43. The van der Waals surface area contributed by atoms with Gasteiger partial charge in [0.2, 0.25) is 5.78 Å². The van der Waals surface area contributed by atoms with E-state index < -0.39 is 5.69 Å². The monoisotopic (exact) mass is 426 g/mol. The third-order valence-corrected chi connectivity index (χ3v) is 5.54. The van der Waals surface area contributed by atoms with Crippen molar-refractivity contribution >= 4 is 22.6 Å². The Hall–Kier alpha value is -3.69. The van der Waals surface area contributed by atoms with E-state index in [1.807, 2.05) is 31.3 Å². The van der Waals surface area contributed by atoms with Crippen molar-refractivity contribution in [3.8, 4) is 11.5 Å². The molecular weight excluding hydrogens is 400 g/mol. The third kappa shape index (κ3) is 3.33. The van der Waals surface area contributed by atoms with Gasteiger partial charge in [0.25, 0.3) is 5.56 Å². The largest absolute Gasteiger partial charge is 0.497 e. The van der Waals surface area contributed by atoms with E-state index in [1.54, 1.807) is 25.7 Å². The second-order valence-corrected chi connectivity index (χ2v) is 7.43. The molecule has 0 saturated carbocycles. The van der Waals surface area contributed by atoms with Crippen molar-refractivity contribution < 1.29 is 9.47 Å². The van der Waals surface area contributed by atoms with Crippen LogP contribution < -0.4 is 26.0 Å². The topological polar surface area (TPSA) is 96.7 Å². The first-order chi connectivity index (χ1) is 14.9. The number of benzene rings is 1. The van der Waals surface area contributed by atoms with E-state index in [0.717, 1.165) is 33.9 Å². The van der Waals surface area contributed by atoms with E-state index in [2.05, 4.69) is 14.9 Å². The van der Waals surface area contributed by atoms with Gasteiger partial charge in [0.05, 0.1) is 19.9 Å². The van der Waals surface area contributed by atoms with Crippen LogP contribution >= 0.6 is 0 Å². The maximum atomic E-state index is 12.7. The zero-order valence-electron chi connectivity index (χ0n) is 18.3. The predicted octanol–water partition coefficient (Wildman–Crippen LogP) is 1.51. The molecule has 31 heavy (non-hydrogen) atoms. The van der Waals surface area contributed by atoms with E-state index in [1.165, 1.54) is 11.6 Å². The molecule has 10 heteroatoms. The highest BCUT2D eigenvalue weighted by atomic mass is 16.5. The average Bonchev–Trinajstić information content (AvgIpc) is 3.28. The van der Waals surface area contributed by atoms with Crippen LogP contribution in [0.4, 0.5) is 5.69 Å². The molecule has 0 fully saturated rings. The Morgan fingerprint density at radius 1 is 1.10 bits per heavy atom. The van der Waals surface area contributed by atoms with E-state index >= 15 is 0 Å². The number of aromatic nitrogens is 5. The van der Waals surface area contributed by atoms with Gasteiger partial charge >= 0.3 is 5.69 Å². The van der Waals surface area contributed by atoms with Gasteiger partial charge in [-0.1, -0.05) is 0 Å². The smallest absolute Gasteiger partial charge is 0.332 e. The molecule has 10 nitrogen and oxygen atoms in total. The lowest BCUT2D eigenvalue weighted by molar-refractivity contribution is 0.404. The van der Waals surface area contributed by atoms with Gasteiger partial charge in [0.1, 0.15) is 11.5 Å². The van der Waals surface area contributed by atoms with Crippen LogP contribution in [0.3, 0.4) is 0 Å². The molecule has 0 aliphatic carbocycles. The molecule has 0 aliphatic heterocycles. The molecule has 0 atom stereocenters. The first-order valence-corrected chi connectivity index (χ1v) is 9.97. The number of imidazole rings is 2. The maximum Gasteiger partial charge on any atom is 0.332 e. The van der Waals surface area contributed by atoms with E-state index in [9.17, 15) is 9.59 Å². The Morgan fingerprint density at radius 2 is 1.87 bits per heavy atom. The lowest BCUT2D eigenvalue weighted by Gasteiger charge is -2.13. The fraction of sp³-hybridized carbons (Fsp3) is 0.381. The third-order valence-electron chi connectivity index (χ3n) is 5.54. The Labute approximate surface area is 178 Å². The standard InChI is InChI=1S/C21H26N6O4/c1-13-12-27-17-18(24(2)21(29)25(3)19(17)28)23-20(27)26(13)10-6-9-22-15-11-14(30-4)7-8-16(15)31-5/h7-8,11-12,22H,6,9-10H2,1-5H3. The molecule has 1 N–H and O–H groups in total. The summed E-state index contributed by atoms with van der Waals surface area (Å²) in [7, 11) is 6.36. The molecule has 1 aromatic carbocycles. The lowest BCUT2D eigenvalue weighted by atomic mass is 10.2. The summed E-state index contributed by atoms with van der Waals surface area (Å²) in [6.07, 6.45) is 2.70. The quantitative estimate of drug-likeness (QED) is 0.450. The van der Waals surface area contributed by atoms with Crippen molar-refractivity contribution in [2.45, 2.75) is 19.9 Å². The summed E-state index contributed by atoms with van der Waals surface area (Å²) < 4.78 is 17.0. The van der Waals surface area contributed by atoms with Crippen LogP contribution in [0.2, 0.25) is 0 Å². The second kappa shape index (κ2) is 7.86. The van der Waals surface area contributed by atoms with Crippen molar-refractivity contribution in [3.05, 3.63) is 50.9 Å². The molecular formula is C21H26N6O4. The summed E-state index contributed by atoms with van der Waals surface area (Å²) in [6.45, 7) is 3.37. The number of anilines is 1. The SMILES string of the molecule is COc1ccc(OC)c(NCCCn2c(C)cn3c4c(=O)n(C)c(=O)n(C)c4nc23)c1. The molecule has 0 spiro atoms. The van der Waals surface area contributed by atoms with Crippen LogP contribution in [0.5, 0.6) is 11.5 Å². The minimum Gasteiger partial charge on any atom is -0.497 e. The van der Waals surface area contributed by atoms with Gasteiger partial charge in [-0.05, 0) is 25.5 Å². The average molecular weight is 426 g/mol. The van der Waals surface area contributed by atoms with Gasteiger partial charge in [-0.3, -0.25) is 18.3 Å². The molecule has 0 radical (unpaired) electrons. The Balaban J connectivity index is 1.59. The van der Waals surface area contributed by atoms with Crippen LogP contribution in [0.25, 0.3) is 16.9 Å². The van der Waals surface area contributed by atoms with Gasteiger partial charge < -0.3 is 19.4 Å². The summed E-state index contributed by atoms with van der Waals surface area (Å²) in [5.74, 6) is 2.14. The lowest BCUT2D eigenvalue weighted by Crippen LogP contribution is -2.37. The summed E-state index contributed by atoms with van der Waals surface area (Å²) in [6, 6.07) is 5.61. The van der Waals surface area contributed by atoms with Crippen molar-refractivity contribution in [1.29, 1.82) is 0 Å². The first-order valence-electron chi connectivity index (χ1n) is 9.97. The fourth-order valence-electron chi connectivity index (χ4n) is 3.82. The summed E-state index contributed by atoms with van der Waals surface area (Å²) in [5.41, 5.74) is 1.89. The summed E-state index contributed by atoms with van der Waals surface area (Å²) in [4.78, 5) is 29.5. The summed E-state index contributed by atoms with van der Waals surface area (Å²) in [5, 5.41) is 3.38. The number of ether oxygens (including phenoxy) is 2. The number of nitrogens with one attached hydrogen (secondary N) is 1. The van der Waals surface area contributed by atoms with Crippen molar-refractivity contribution in [3.63, 3.8) is 0 Å². The number of rotatable bonds is 7. The summed E-state index contributed by atoms with van der Waals surface area (Å²) >= 11 is 0. The maximum absolute atomic E-state index is 12.7. The molecule has 164 valence electrons. The number of hydrogen-bond donors (Lipinski definition) is 1. The first kappa shape index (κ1) is 20.6. The predicted molar refractivity (Wildman–Crippen MR) is 119 cm³/mol. The van der Waals surface area contributed by atoms with Gasteiger partial charge in [-0.15, -0.1) is 0 Å². The Morgan fingerprint density at radius 3 is 2.58 bits per heavy atom. The highest BCUT2D eigenvalue weighted by Crippen LogP contribution is 2.28. The molecule has 0 aliphatic rings. The number of methoxy groups -OCH3 is 2. The molecule has 0 saturated heterocycles. The molecule has 3 aromatic heterocycles. The minimum atomic E-state index is -0.391. The van der Waals surface area contributed by atoms with Crippen molar-refractivity contribution in [2.75, 3.05) is 26.1 Å². The molecule has 3 heterocycles. The highest BCUT2D eigenvalue weighted by Gasteiger charge is 2.18. The van der Waals surface area contributed by atoms with E-state index in [0.29, 0.717) is 30.0 Å². The van der Waals surface area contributed by atoms with Crippen LogP contribution in [-0.2, 0) is 20.6 Å². The number of nitrogens with zero attached hydrogens (tertiary/aromatic N) is 5. The molecule has 0 amide bonds. The van der Waals surface area contributed by atoms with Crippen molar-refractivity contribution in [2.24, 2.45) is 14.1 Å². The number of fused-ring (bicyclic) bond motifs is 3. The van der Waals surface area contributed by atoms with Crippen LogP contribution in [-0.4, -0.2) is 43.9 Å². The van der Waals surface area contributed by atoms with Gasteiger partial charge in [0, 0.05) is 45.1 Å². The van der Waals surface area contributed by atoms with Gasteiger partial charge in [-0.25, -0.2) is 4.79 Å². The molecule has 4 rings (SSSR count). The molecule has 0 bridgehead atoms.